The van der Waals surface area contributed by atoms with Gasteiger partial charge in [-0.15, -0.1) is 0 Å². The van der Waals surface area contributed by atoms with Crippen molar-refractivity contribution in [2.24, 2.45) is 0 Å². The van der Waals surface area contributed by atoms with Crippen LogP contribution < -0.4 is 5.32 Å². The van der Waals surface area contributed by atoms with Crippen molar-refractivity contribution in [1.29, 1.82) is 0 Å². The second-order valence-electron chi connectivity index (χ2n) is 3.35. The molecule has 0 aromatic rings. The lowest BCUT2D eigenvalue weighted by atomic mass is 10.0. The van der Waals surface area contributed by atoms with Crippen LogP contribution in [0.2, 0.25) is 0 Å². The molecule has 0 aliphatic carbocycles. The number of hydrogen-bond donors (Lipinski definition) is 4. The SMILES string of the molecule is CC(=O)NC(CO)[C@H]1OC[C@@H](O)[C@H]1O. The molecule has 1 heterocycles. The molecule has 1 saturated heterocycles. The highest BCUT2D eigenvalue weighted by atomic mass is 16.5. The number of hydrogen-bond acceptors (Lipinski definition) is 5. The molecule has 1 unspecified atom stereocenters. The first-order valence-corrected chi connectivity index (χ1v) is 4.42. The van der Waals surface area contributed by atoms with Gasteiger partial charge in [0.2, 0.25) is 5.91 Å². The molecule has 6 nitrogen and oxygen atoms in total. The van der Waals surface area contributed by atoms with Crippen LogP contribution in [0.15, 0.2) is 0 Å². The molecule has 0 bridgehead atoms. The smallest absolute Gasteiger partial charge is 0.217 e. The van der Waals surface area contributed by atoms with Crippen LogP contribution >= 0.6 is 0 Å². The molecule has 1 aliphatic rings. The second kappa shape index (κ2) is 4.70. The molecule has 4 atom stereocenters. The molecule has 1 amide bonds. The summed E-state index contributed by atoms with van der Waals surface area (Å²) in [6, 6.07) is -0.681. The molecule has 1 aliphatic heterocycles. The zero-order valence-electron chi connectivity index (χ0n) is 7.88. The minimum atomic E-state index is -1.07. The summed E-state index contributed by atoms with van der Waals surface area (Å²) in [4.78, 5) is 10.7. The number of aliphatic hydroxyl groups excluding tert-OH is 3. The summed E-state index contributed by atoms with van der Waals surface area (Å²) < 4.78 is 5.06. The van der Waals surface area contributed by atoms with Crippen LogP contribution in [0.3, 0.4) is 0 Å². The van der Waals surface area contributed by atoms with Crippen molar-refractivity contribution < 1.29 is 24.9 Å². The largest absolute Gasteiger partial charge is 0.394 e. The maximum Gasteiger partial charge on any atom is 0.217 e. The topological polar surface area (TPSA) is 99.0 Å². The number of aliphatic hydroxyl groups is 3. The maximum absolute atomic E-state index is 10.7. The van der Waals surface area contributed by atoms with Gasteiger partial charge in [0, 0.05) is 6.92 Å². The Kier molecular flexibility index (Phi) is 3.82. The number of carbonyl (C=O) groups is 1. The molecular weight excluding hydrogens is 190 g/mol. The molecule has 0 aromatic carbocycles. The van der Waals surface area contributed by atoms with E-state index < -0.39 is 24.4 Å². The van der Waals surface area contributed by atoms with E-state index in [0.717, 1.165) is 0 Å². The van der Waals surface area contributed by atoms with E-state index in [0.29, 0.717) is 0 Å². The minimum absolute atomic E-state index is 0.0158. The Morgan fingerprint density at radius 1 is 1.64 bits per heavy atom. The highest BCUT2D eigenvalue weighted by molar-refractivity contribution is 5.73. The molecule has 14 heavy (non-hydrogen) atoms. The van der Waals surface area contributed by atoms with Crippen molar-refractivity contribution in [3.05, 3.63) is 0 Å². The Morgan fingerprint density at radius 2 is 2.29 bits per heavy atom. The van der Waals surface area contributed by atoms with E-state index in [-0.39, 0.29) is 19.1 Å². The number of carbonyl (C=O) groups excluding carboxylic acids is 1. The summed E-state index contributed by atoms with van der Waals surface area (Å²) in [7, 11) is 0. The zero-order chi connectivity index (χ0) is 10.7. The van der Waals surface area contributed by atoms with E-state index in [1.165, 1.54) is 6.92 Å². The van der Waals surface area contributed by atoms with E-state index in [1.807, 2.05) is 0 Å². The standard InChI is InChI=1S/C8H15NO5/c1-4(11)9-5(2-10)8-7(13)6(12)3-14-8/h5-8,10,12-13H,2-3H2,1H3,(H,9,11)/t5?,6-,7-,8-/m1/s1. The van der Waals surface area contributed by atoms with Crippen LogP contribution in [0.5, 0.6) is 0 Å². The van der Waals surface area contributed by atoms with Crippen molar-refractivity contribution >= 4 is 5.91 Å². The third-order valence-corrected chi connectivity index (χ3v) is 2.17. The Hall–Kier alpha value is -0.690. The van der Waals surface area contributed by atoms with Gasteiger partial charge in [0.25, 0.3) is 0 Å². The van der Waals surface area contributed by atoms with Gasteiger partial charge >= 0.3 is 0 Å². The summed E-state index contributed by atoms with van der Waals surface area (Å²) in [5.41, 5.74) is 0. The minimum Gasteiger partial charge on any atom is -0.394 e. The molecule has 82 valence electrons. The number of rotatable bonds is 3. The monoisotopic (exact) mass is 205 g/mol. The van der Waals surface area contributed by atoms with Gasteiger partial charge in [-0.05, 0) is 0 Å². The van der Waals surface area contributed by atoms with E-state index in [2.05, 4.69) is 5.32 Å². The molecule has 1 rings (SSSR count). The van der Waals surface area contributed by atoms with Crippen molar-refractivity contribution in [3.63, 3.8) is 0 Å². The molecule has 4 N–H and O–H groups in total. The lowest BCUT2D eigenvalue weighted by molar-refractivity contribution is -0.121. The summed E-state index contributed by atoms with van der Waals surface area (Å²) >= 11 is 0. The average molecular weight is 205 g/mol. The molecule has 0 saturated carbocycles. The summed E-state index contributed by atoms with van der Waals surface area (Å²) in [5.74, 6) is -0.318. The van der Waals surface area contributed by atoms with E-state index >= 15 is 0 Å². The van der Waals surface area contributed by atoms with E-state index in [4.69, 9.17) is 9.84 Å². The van der Waals surface area contributed by atoms with Crippen LogP contribution in [0.25, 0.3) is 0 Å². The molecule has 0 aromatic heterocycles. The van der Waals surface area contributed by atoms with Crippen molar-refractivity contribution in [2.75, 3.05) is 13.2 Å². The van der Waals surface area contributed by atoms with Crippen molar-refractivity contribution in [1.82, 2.24) is 5.32 Å². The Bertz CT molecular complexity index is 210. The van der Waals surface area contributed by atoms with Crippen LogP contribution in [0, 0.1) is 0 Å². The quantitative estimate of drug-likeness (QED) is 0.412. The van der Waals surface area contributed by atoms with E-state index in [1.54, 1.807) is 0 Å². The number of amides is 1. The Balaban J connectivity index is 2.56. The predicted molar refractivity (Wildman–Crippen MR) is 46.4 cm³/mol. The highest BCUT2D eigenvalue weighted by Gasteiger charge is 2.39. The summed E-state index contributed by atoms with van der Waals surface area (Å²) in [6.45, 7) is 0.983. The van der Waals surface area contributed by atoms with Crippen molar-refractivity contribution in [3.8, 4) is 0 Å². The van der Waals surface area contributed by atoms with Crippen LogP contribution in [-0.2, 0) is 9.53 Å². The molecule has 6 heteroatoms. The zero-order valence-corrected chi connectivity index (χ0v) is 7.88. The predicted octanol–water partition coefficient (Wildman–Crippen LogP) is -2.40. The third kappa shape index (κ3) is 2.42. The van der Waals surface area contributed by atoms with E-state index in [9.17, 15) is 15.0 Å². The van der Waals surface area contributed by atoms with Gasteiger partial charge in [0.15, 0.2) is 0 Å². The third-order valence-electron chi connectivity index (χ3n) is 2.17. The highest BCUT2D eigenvalue weighted by Crippen LogP contribution is 2.17. The molecular formula is C8H15NO5. The van der Waals surface area contributed by atoms with Gasteiger partial charge in [-0.2, -0.15) is 0 Å². The van der Waals surface area contributed by atoms with Gasteiger partial charge in [-0.25, -0.2) is 0 Å². The molecule has 0 radical (unpaired) electrons. The van der Waals surface area contributed by atoms with Crippen molar-refractivity contribution in [2.45, 2.75) is 31.3 Å². The van der Waals surface area contributed by atoms with Gasteiger partial charge in [-0.1, -0.05) is 0 Å². The number of ether oxygens (including phenoxy) is 1. The molecule has 0 spiro atoms. The Morgan fingerprint density at radius 3 is 2.64 bits per heavy atom. The fourth-order valence-corrected chi connectivity index (χ4v) is 1.47. The fraction of sp³-hybridized carbons (Fsp3) is 0.875. The Labute approximate surface area is 81.5 Å². The van der Waals surface area contributed by atoms with Gasteiger partial charge in [-0.3, -0.25) is 4.79 Å². The maximum atomic E-state index is 10.7. The first-order chi connectivity index (χ1) is 6.56. The lowest BCUT2D eigenvalue weighted by Gasteiger charge is -2.24. The van der Waals surface area contributed by atoms with Gasteiger partial charge in [0.1, 0.15) is 18.3 Å². The van der Waals surface area contributed by atoms with Crippen LogP contribution in [-0.4, -0.2) is 58.8 Å². The van der Waals surface area contributed by atoms with Crippen LogP contribution in [0.1, 0.15) is 6.92 Å². The van der Waals surface area contributed by atoms with Gasteiger partial charge < -0.3 is 25.4 Å². The fourth-order valence-electron chi connectivity index (χ4n) is 1.47. The first-order valence-electron chi connectivity index (χ1n) is 4.42. The normalized spacial score (nSPS) is 34.1. The first kappa shape index (κ1) is 11.4. The number of nitrogens with one attached hydrogen (secondary N) is 1. The summed E-state index contributed by atoms with van der Waals surface area (Å²) in [5, 5.41) is 30.0. The lowest BCUT2D eigenvalue weighted by Crippen LogP contribution is -2.50. The second-order valence-corrected chi connectivity index (χ2v) is 3.35. The summed E-state index contributed by atoms with van der Waals surface area (Å²) in [6.07, 6.45) is -2.78. The van der Waals surface area contributed by atoms with Crippen LogP contribution in [0.4, 0.5) is 0 Å². The average Bonchev–Trinajstić information content (AvgIpc) is 2.44. The molecule has 1 fully saturated rings. The van der Waals surface area contributed by atoms with Gasteiger partial charge in [0.05, 0.1) is 19.3 Å².